The second kappa shape index (κ2) is 5.31. The van der Waals surface area contributed by atoms with Crippen LogP contribution in [0.5, 0.6) is 0 Å². The summed E-state index contributed by atoms with van der Waals surface area (Å²) < 4.78 is 3.18. The molecule has 1 atom stereocenters. The van der Waals surface area contributed by atoms with Gasteiger partial charge in [0, 0.05) is 10.5 Å². The number of nitrogen functional groups attached to an aromatic ring is 1. The van der Waals surface area contributed by atoms with Gasteiger partial charge in [0.1, 0.15) is 0 Å². The molecular weight excluding hydrogens is 298 g/mol. The SMILES string of the molecule is CSCCC(C)n1c(N)nc2ccc(Br)cc21. The van der Waals surface area contributed by atoms with Crippen molar-refractivity contribution in [3.63, 3.8) is 0 Å². The lowest BCUT2D eigenvalue weighted by Crippen LogP contribution is -2.09. The van der Waals surface area contributed by atoms with Gasteiger partial charge in [-0.3, -0.25) is 0 Å². The minimum absolute atomic E-state index is 0.377. The second-order valence-corrected chi connectivity index (χ2v) is 6.00. The van der Waals surface area contributed by atoms with Crippen LogP contribution in [0.15, 0.2) is 22.7 Å². The van der Waals surface area contributed by atoms with E-state index in [9.17, 15) is 0 Å². The quantitative estimate of drug-likeness (QED) is 0.936. The molecule has 0 aliphatic rings. The number of anilines is 1. The highest BCUT2D eigenvalue weighted by Gasteiger charge is 2.13. The summed E-state index contributed by atoms with van der Waals surface area (Å²) in [4.78, 5) is 4.40. The molecule has 1 unspecified atom stereocenters. The van der Waals surface area contributed by atoms with E-state index in [2.05, 4.69) is 44.7 Å². The van der Waals surface area contributed by atoms with Gasteiger partial charge in [-0.15, -0.1) is 0 Å². The predicted octanol–water partition coefficient (Wildman–Crippen LogP) is 3.70. The standard InChI is InChI=1S/C12H16BrN3S/c1-8(5-6-17-2)16-11-7-9(13)3-4-10(11)15-12(16)14/h3-4,7-8H,5-6H2,1-2H3,(H2,14,15). The van der Waals surface area contributed by atoms with Crippen molar-refractivity contribution in [2.45, 2.75) is 19.4 Å². The molecule has 5 heteroatoms. The van der Waals surface area contributed by atoms with E-state index in [1.165, 1.54) is 0 Å². The third kappa shape index (κ3) is 2.60. The number of aromatic nitrogens is 2. The zero-order valence-electron chi connectivity index (χ0n) is 9.98. The summed E-state index contributed by atoms with van der Waals surface area (Å²) in [7, 11) is 0. The van der Waals surface area contributed by atoms with Crippen molar-refractivity contribution in [1.29, 1.82) is 0 Å². The maximum absolute atomic E-state index is 6.01. The third-order valence-corrected chi connectivity index (χ3v) is 4.00. The molecule has 0 aliphatic carbocycles. The molecule has 3 nitrogen and oxygen atoms in total. The Morgan fingerprint density at radius 1 is 1.53 bits per heavy atom. The van der Waals surface area contributed by atoms with E-state index >= 15 is 0 Å². The number of imidazole rings is 1. The summed E-state index contributed by atoms with van der Waals surface area (Å²) in [6.07, 6.45) is 3.22. The van der Waals surface area contributed by atoms with Gasteiger partial charge < -0.3 is 10.3 Å². The Morgan fingerprint density at radius 2 is 2.29 bits per heavy atom. The van der Waals surface area contributed by atoms with E-state index in [4.69, 9.17) is 5.73 Å². The van der Waals surface area contributed by atoms with E-state index in [0.717, 1.165) is 27.7 Å². The molecule has 0 saturated heterocycles. The minimum Gasteiger partial charge on any atom is -0.369 e. The Hall–Kier alpha value is -0.680. The van der Waals surface area contributed by atoms with Crippen LogP contribution in [0.4, 0.5) is 5.95 Å². The van der Waals surface area contributed by atoms with Gasteiger partial charge in [-0.1, -0.05) is 15.9 Å². The van der Waals surface area contributed by atoms with Gasteiger partial charge in [-0.25, -0.2) is 4.98 Å². The molecule has 92 valence electrons. The van der Waals surface area contributed by atoms with Crippen molar-refractivity contribution < 1.29 is 0 Å². The average Bonchev–Trinajstić information content (AvgIpc) is 2.61. The number of hydrogen-bond acceptors (Lipinski definition) is 3. The molecule has 0 bridgehead atoms. The molecule has 1 aromatic carbocycles. The number of nitrogens with two attached hydrogens (primary N) is 1. The van der Waals surface area contributed by atoms with Gasteiger partial charge in [0.15, 0.2) is 0 Å². The molecule has 17 heavy (non-hydrogen) atoms. The summed E-state index contributed by atoms with van der Waals surface area (Å²) in [6.45, 7) is 2.19. The number of hydrogen-bond donors (Lipinski definition) is 1. The van der Waals surface area contributed by atoms with Gasteiger partial charge in [0.2, 0.25) is 5.95 Å². The molecular formula is C12H16BrN3S. The highest BCUT2D eigenvalue weighted by molar-refractivity contribution is 9.10. The predicted molar refractivity (Wildman–Crippen MR) is 79.6 cm³/mol. The van der Waals surface area contributed by atoms with Crippen LogP contribution in [-0.2, 0) is 0 Å². The first-order chi connectivity index (χ1) is 8.13. The molecule has 2 rings (SSSR count). The van der Waals surface area contributed by atoms with Crippen LogP contribution in [0.2, 0.25) is 0 Å². The van der Waals surface area contributed by atoms with Crippen molar-refractivity contribution in [2.24, 2.45) is 0 Å². The van der Waals surface area contributed by atoms with E-state index in [0.29, 0.717) is 12.0 Å². The first kappa shape index (κ1) is 12.8. The molecule has 0 amide bonds. The zero-order valence-corrected chi connectivity index (χ0v) is 12.4. The lowest BCUT2D eigenvalue weighted by Gasteiger charge is -2.15. The number of rotatable bonds is 4. The first-order valence-electron chi connectivity index (χ1n) is 5.55. The van der Waals surface area contributed by atoms with Crippen molar-refractivity contribution >= 4 is 44.7 Å². The summed E-state index contributed by atoms with van der Waals surface area (Å²) >= 11 is 5.35. The molecule has 1 heterocycles. The van der Waals surface area contributed by atoms with Crippen LogP contribution in [0.3, 0.4) is 0 Å². The zero-order chi connectivity index (χ0) is 12.4. The Morgan fingerprint density at radius 3 is 3.00 bits per heavy atom. The van der Waals surface area contributed by atoms with Crippen molar-refractivity contribution in [3.8, 4) is 0 Å². The third-order valence-electron chi connectivity index (χ3n) is 2.86. The fraction of sp³-hybridized carbons (Fsp3) is 0.417. The molecule has 2 aromatic rings. The Kier molecular flexibility index (Phi) is 3.99. The summed E-state index contributed by atoms with van der Waals surface area (Å²) in [6, 6.07) is 6.44. The normalized spacial score (nSPS) is 13.1. The molecule has 0 radical (unpaired) electrons. The summed E-state index contributed by atoms with van der Waals surface area (Å²) in [5, 5.41) is 0. The van der Waals surface area contributed by atoms with Gasteiger partial charge in [0.25, 0.3) is 0 Å². The molecule has 1 aromatic heterocycles. The van der Waals surface area contributed by atoms with Gasteiger partial charge in [-0.2, -0.15) is 11.8 Å². The number of fused-ring (bicyclic) bond motifs is 1. The summed E-state index contributed by atoms with van der Waals surface area (Å²) in [5.41, 5.74) is 8.07. The van der Waals surface area contributed by atoms with Crippen molar-refractivity contribution in [2.75, 3.05) is 17.7 Å². The van der Waals surface area contributed by atoms with Crippen molar-refractivity contribution in [1.82, 2.24) is 9.55 Å². The smallest absolute Gasteiger partial charge is 0.201 e. The molecule has 2 N–H and O–H groups in total. The topological polar surface area (TPSA) is 43.8 Å². The van der Waals surface area contributed by atoms with Crippen LogP contribution in [0.25, 0.3) is 11.0 Å². The highest BCUT2D eigenvalue weighted by atomic mass is 79.9. The maximum Gasteiger partial charge on any atom is 0.201 e. The van der Waals surface area contributed by atoms with Gasteiger partial charge >= 0.3 is 0 Å². The Balaban J connectivity index is 2.44. The average molecular weight is 314 g/mol. The van der Waals surface area contributed by atoms with E-state index in [-0.39, 0.29) is 0 Å². The van der Waals surface area contributed by atoms with Gasteiger partial charge in [-0.05, 0) is 43.6 Å². The molecule has 0 saturated carbocycles. The first-order valence-corrected chi connectivity index (χ1v) is 7.74. The second-order valence-electron chi connectivity index (χ2n) is 4.10. The Bertz CT molecular complexity index is 524. The number of benzene rings is 1. The fourth-order valence-corrected chi connectivity index (χ4v) is 2.89. The molecule has 0 aliphatic heterocycles. The number of nitrogens with zero attached hydrogens (tertiary/aromatic N) is 2. The largest absolute Gasteiger partial charge is 0.369 e. The lowest BCUT2D eigenvalue weighted by atomic mass is 10.2. The number of halogens is 1. The van der Waals surface area contributed by atoms with Crippen molar-refractivity contribution in [3.05, 3.63) is 22.7 Å². The number of thioether (sulfide) groups is 1. The molecule has 0 fully saturated rings. The van der Waals surface area contributed by atoms with E-state index in [1.807, 2.05) is 23.9 Å². The summed E-state index contributed by atoms with van der Waals surface area (Å²) in [5.74, 6) is 1.74. The Labute approximate surface area is 114 Å². The monoisotopic (exact) mass is 313 g/mol. The molecule has 0 spiro atoms. The van der Waals surface area contributed by atoms with E-state index in [1.54, 1.807) is 0 Å². The van der Waals surface area contributed by atoms with Crippen LogP contribution in [0, 0.1) is 0 Å². The minimum atomic E-state index is 0.377. The fourth-order valence-electron chi connectivity index (χ4n) is 1.97. The highest BCUT2D eigenvalue weighted by Crippen LogP contribution is 2.27. The van der Waals surface area contributed by atoms with Gasteiger partial charge in [0.05, 0.1) is 11.0 Å². The maximum atomic E-state index is 6.01. The van der Waals surface area contributed by atoms with Crippen LogP contribution >= 0.6 is 27.7 Å². The van der Waals surface area contributed by atoms with Crippen LogP contribution in [-0.4, -0.2) is 21.6 Å². The van der Waals surface area contributed by atoms with Crippen LogP contribution in [0.1, 0.15) is 19.4 Å². The van der Waals surface area contributed by atoms with Crippen LogP contribution < -0.4 is 5.73 Å². The van der Waals surface area contributed by atoms with E-state index < -0.39 is 0 Å². The lowest BCUT2D eigenvalue weighted by molar-refractivity contribution is 0.556.